The number of sulfonamides is 1. The standard InChI is InChI=1S/C33H36F4N4O5S/c34-24-11-6-21(7-12-24)29(22-8-13-25(35)14-9-22)30(40-32(43)44)31(42)39-28-19-33(36,37)18-23(28)10-15-26-20-38-16-17-41(26)47(45,46)27-4-2-1-3-5-27/h1-9,11-14,23,26,28-30,38,40H,10,15-20H2,(H,39,42)(H,43,44)/t23?,26-,28?,30+/m0/s1. The van der Waals surface area contributed by atoms with Crippen molar-refractivity contribution in [2.45, 2.75) is 60.5 Å². The van der Waals surface area contributed by atoms with Crippen molar-refractivity contribution < 1.29 is 40.7 Å². The van der Waals surface area contributed by atoms with Crippen LogP contribution < -0.4 is 16.0 Å². The summed E-state index contributed by atoms with van der Waals surface area (Å²) >= 11 is 0. The van der Waals surface area contributed by atoms with Gasteiger partial charge in [0.1, 0.15) is 17.7 Å². The first-order valence-electron chi connectivity index (χ1n) is 15.3. The highest BCUT2D eigenvalue weighted by atomic mass is 32.2. The second kappa shape index (κ2) is 14.4. The summed E-state index contributed by atoms with van der Waals surface area (Å²) in [4.78, 5) is 25.9. The van der Waals surface area contributed by atoms with Crippen molar-refractivity contribution in [3.8, 4) is 0 Å². The number of nitrogens with zero attached hydrogens (tertiary/aromatic N) is 1. The molecule has 4 atom stereocenters. The Morgan fingerprint density at radius 3 is 2.09 bits per heavy atom. The van der Waals surface area contributed by atoms with Gasteiger partial charge in [0, 0.05) is 50.5 Å². The van der Waals surface area contributed by atoms with E-state index in [1.165, 1.54) is 40.7 Å². The van der Waals surface area contributed by atoms with Crippen LogP contribution in [0.1, 0.15) is 42.7 Å². The van der Waals surface area contributed by atoms with Crippen LogP contribution in [0.15, 0.2) is 83.8 Å². The van der Waals surface area contributed by atoms with Crippen LogP contribution in [-0.4, -0.2) is 73.5 Å². The van der Waals surface area contributed by atoms with Crippen LogP contribution in [-0.2, 0) is 14.8 Å². The molecule has 4 N–H and O–H groups in total. The third-order valence-electron chi connectivity index (χ3n) is 8.85. The van der Waals surface area contributed by atoms with E-state index < -0.39 is 82.4 Å². The molecule has 3 aromatic carbocycles. The Kier molecular flexibility index (Phi) is 10.5. The minimum atomic E-state index is -3.84. The van der Waals surface area contributed by atoms with Crippen molar-refractivity contribution in [2.75, 3.05) is 19.6 Å². The van der Waals surface area contributed by atoms with Crippen LogP contribution >= 0.6 is 0 Å². The normalized spacial score (nSPS) is 22.1. The largest absolute Gasteiger partial charge is 0.465 e. The SMILES string of the molecule is O=C(O)N[C@@H](C(=O)NC1CC(F)(F)CC1CC[C@H]1CNCCN1S(=O)(=O)c1ccccc1)C(c1ccc(F)cc1)c1ccc(F)cc1. The van der Waals surface area contributed by atoms with Crippen LogP contribution in [0, 0.1) is 17.6 Å². The Morgan fingerprint density at radius 1 is 0.915 bits per heavy atom. The maximum atomic E-state index is 14.9. The molecule has 0 aromatic heterocycles. The van der Waals surface area contributed by atoms with Gasteiger partial charge in [-0.25, -0.2) is 30.8 Å². The first kappa shape index (κ1) is 34.3. The summed E-state index contributed by atoms with van der Waals surface area (Å²) in [5.41, 5.74) is 0.675. The maximum Gasteiger partial charge on any atom is 0.405 e. The van der Waals surface area contributed by atoms with E-state index in [2.05, 4.69) is 16.0 Å². The van der Waals surface area contributed by atoms with Crippen molar-refractivity contribution in [1.29, 1.82) is 0 Å². The van der Waals surface area contributed by atoms with Crippen molar-refractivity contribution in [2.24, 2.45) is 5.92 Å². The summed E-state index contributed by atoms with van der Waals surface area (Å²) in [5, 5.41) is 17.7. The monoisotopic (exact) mass is 676 g/mol. The zero-order valence-electron chi connectivity index (χ0n) is 25.3. The van der Waals surface area contributed by atoms with Crippen LogP contribution in [0.25, 0.3) is 0 Å². The van der Waals surface area contributed by atoms with Gasteiger partial charge in [0.25, 0.3) is 5.92 Å². The molecule has 1 saturated carbocycles. The molecule has 47 heavy (non-hydrogen) atoms. The van der Waals surface area contributed by atoms with Crippen LogP contribution in [0.5, 0.6) is 0 Å². The number of benzene rings is 3. The number of carboxylic acid groups (broad SMARTS) is 1. The maximum absolute atomic E-state index is 14.9. The van der Waals surface area contributed by atoms with Gasteiger partial charge in [-0.1, -0.05) is 42.5 Å². The van der Waals surface area contributed by atoms with Crippen LogP contribution in [0.4, 0.5) is 22.4 Å². The lowest BCUT2D eigenvalue weighted by molar-refractivity contribution is -0.124. The highest BCUT2D eigenvalue weighted by Gasteiger charge is 2.48. The van der Waals surface area contributed by atoms with E-state index in [1.807, 2.05) is 0 Å². The highest BCUT2D eigenvalue weighted by molar-refractivity contribution is 7.89. The van der Waals surface area contributed by atoms with Gasteiger partial charge in [0.05, 0.1) is 4.90 Å². The van der Waals surface area contributed by atoms with Gasteiger partial charge >= 0.3 is 6.09 Å². The second-order valence-electron chi connectivity index (χ2n) is 12.0. The number of halogens is 4. The summed E-state index contributed by atoms with van der Waals surface area (Å²) in [6.45, 7) is 0.970. The minimum absolute atomic E-state index is 0.137. The van der Waals surface area contributed by atoms with Gasteiger partial charge < -0.3 is 21.1 Å². The Bertz CT molecular complexity index is 1600. The third kappa shape index (κ3) is 8.29. The molecule has 1 aliphatic heterocycles. The number of rotatable bonds is 11. The van der Waals surface area contributed by atoms with Crippen molar-refractivity contribution in [1.82, 2.24) is 20.3 Å². The van der Waals surface area contributed by atoms with E-state index >= 15 is 0 Å². The number of alkyl halides is 2. The van der Waals surface area contributed by atoms with E-state index in [1.54, 1.807) is 18.2 Å². The smallest absolute Gasteiger partial charge is 0.405 e. The van der Waals surface area contributed by atoms with Crippen LogP contribution in [0.3, 0.4) is 0 Å². The Labute approximate surface area is 270 Å². The summed E-state index contributed by atoms with van der Waals surface area (Å²) in [5.74, 6) is -6.94. The number of amides is 2. The Balaban J connectivity index is 1.37. The summed E-state index contributed by atoms with van der Waals surface area (Å²) in [6.07, 6.45) is -2.37. The number of nitrogens with one attached hydrogen (secondary N) is 3. The molecule has 2 amide bonds. The topological polar surface area (TPSA) is 128 Å². The summed E-state index contributed by atoms with van der Waals surface area (Å²) in [6, 6.07) is 14.9. The summed E-state index contributed by atoms with van der Waals surface area (Å²) in [7, 11) is -3.84. The lowest BCUT2D eigenvalue weighted by Crippen LogP contribution is -2.54. The van der Waals surface area contributed by atoms with E-state index in [4.69, 9.17) is 0 Å². The molecule has 1 heterocycles. The number of carbonyl (C=O) groups excluding carboxylic acids is 1. The zero-order chi connectivity index (χ0) is 33.8. The van der Waals surface area contributed by atoms with E-state index in [9.17, 15) is 40.7 Å². The molecule has 0 bridgehead atoms. The second-order valence-corrected chi connectivity index (χ2v) is 13.9. The van der Waals surface area contributed by atoms with Gasteiger partial charge in [-0.05, 0) is 66.3 Å². The van der Waals surface area contributed by atoms with Gasteiger partial charge in [0.15, 0.2) is 0 Å². The molecule has 1 aliphatic carbocycles. The van der Waals surface area contributed by atoms with Gasteiger partial charge in [-0.2, -0.15) is 4.31 Å². The van der Waals surface area contributed by atoms with E-state index in [0.717, 1.165) is 24.3 Å². The van der Waals surface area contributed by atoms with E-state index in [0.29, 0.717) is 24.2 Å². The Hall–Kier alpha value is -4.01. The first-order valence-corrected chi connectivity index (χ1v) is 16.7. The van der Waals surface area contributed by atoms with Crippen molar-refractivity contribution >= 4 is 22.0 Å². The first-order chi connectivity index (χ1) is 22.3. The quantitative estimate of drug-likeness (QED) is 0.218. The molecular weight excluding hydrogens is 640 g/mol. The van der Waals surface area contributed by atoms with Crippen LogP contribution in [0.2, 0.25) is 0 Å². The lowest BCUT2D eigenvalue weighted by Gasteiger charge is -2.36. The molecule has 252 valence electrons. The molecule has 9 nitrogen and oxygen atoms in total. The number of piperazine rings is 1. The third-order valence-corrected chi connectivity index (χ3v) is 10.8. The molecule has 0 radical (unpaired) electrons. The van der Waals surface area contributed by atoms with Gasteiger partial charge in [-0.3, -0.25) is 4.79 Å². The average Bonchev–Trinajstić information content (AvgIpc) is 3.34. The predicted molar refractivity (Wildman–Crippen MR) is 165 cm³/mol. The van der Waals surface area contributed by atoms with E-state index in [-0.39, 0.29) is 24.3 Å². The van der Waals surface area contributed by atoms with Gasteiger partial charge in [0.2, 0.25) is 15.9 Å². The molecule has 3 aromatic rings. The fraction of sp³-hybridized carbons (Fsp3) is 0.394. The molecule has 14 heteroatoms. The zero-order valence-corrected chi connectivity index (χ0v) is 26.1. The highest BCUT2D eigenvalue weighted by Crippen LogP contribution is 2.42. The fourth-order valence-corrected chi connectivity index (χ4v) is 8.31. The number of hydrogen-bond donors (Lipinski definition) is 4. The average molecular weight is 677 g/mol. The molecule has 1 saturated heterocycles. The molecular formula is C33H36F4N4O5S. The lowest BCUT2D eigenvalue weighted by atomic mass is 9.84. The van der Waals surface area contributed by atoms with Gasteiger partial charge in [-0.15, -0.1) is 0 Å². The molecule has 2 aliphatic rings. The van der Waals surface area contributed by atoms with Crippen molar-refractivity contribution in [3.63, 3.8) is 0 Å². The Morgan fingerprint density at radius 2 is 1.51 bits per heavy atom. The minimum Gasteiger partial charge on any atom is -0.465 e. The molecule has 2 unspecified atom stereocenters. The predicted octanol–water partition coefficient (Wildman–Crippen LogP) is 4.71. The van der Waals surface area contributed by atoms with Crippen molar-refractivity contribution in [3.05, 3.63) is 102 Å². The molecule has 2 fully saturated rings. The number of carbonyl (C=O) groups is 2. The molecule has 0 spiro atoms. The summed E-state index contributed by atoms with van der Waals surface area (Å²) < 4.78 is 85.6. The molecule has 5 rings (SSSR count). The fourth-order valence-electron chi connectivity index (χ4n) is 6.63. The number of hydrogen-bond acceptors (Lipinski definition) is 5.